The number of nitrogens with zero attached hydrogens (tertiary/aromatic N) is 3. The van der Waals surface area contributed by atoms with Crippen LogP contribution in [0.4, 0.5) is 11.6 Å². The largest absolute Gasteiger partial charge is 0.485 e. The molecule has 8 nitrogen and oxygen atoms in total. The van der Waals surface area contributed by atoms with Gasteiger partial charge in [-0.05, 0) is 12.1 Å². The molecule has 4 heterocycles. The lowest BCUT2D eigenvalue weighted by Gasteiger charge is -2.41. The van der Waals surface area contributed by atoms with Gasteiger partial charge in [0.15, 0.2) is 5.82 Å². The number of aromatic nitrogens is 3. The van der Waals surface area contributed by atoms with Gasteiger partial charge in [0.25, 0.3) is 5.56 Å². The van der Waals surface area contributed by atoms with Crippen LogP contribution in [0.1, 0.15) is 24.4 Å². The number of H-pyrrole nitrogens is 1. The summed E-state index contributed by atoms with van der Waals surface area (Å²) in [5.74, 6) is 1.50. The fraction of sp³-hybridized carbons (Fsp3) is 0.286. The van der Waals surface area contributed by atoms with Crippen LogP contribution in [0.15, 0.2) is 57.4 Å². The van der Waals surface area contributed by atoms with Gasteiger partial charge in [0.1, 0.15) is 17.2 Å². The fourth-order valence-corrected chi connectivity index (χ4v) is 5.24. The summed E-state index contributed by atoms with van der Waals surface area (Å²) in [6, 6.07) is 9.48. The van der Waals surface area contributed by atoms with Gasteiger partial charge in [-0.25, -0.2) is 9.97 Å². The van der Waals surface area contributed by atoms with Crippen molar-refractivity contribution >= 4 is 35.0 Å². The number of benzene rings is 1. The molecule has 160 valence electrons. The van der Waals surface area contributed by atoms with E-state index in [1.165, 1.54) is 11.8 Å². The second kappa shape index (κ2) is 7.74. The summed E-state index contributed by atoms with van der Waals surface area (Å²) in [7, 11) is 0. The number of ether oxygens (including phenoxy) is 1. The predicted molar refractivity (Wildman–Crippen MR) is 121 cm³/mol. The second-order valence-electron chi connectivity index (χ2n) is 7.68. The molecule has 1 aromatic carbocycles. The van der Waals surface area contributed by atoms with Gasteiger partial charge in [-0.2, -0.15) is 0 Å². The quantitative estimate of drug-likeness (QED) is 0.549. The molecule has 10 heteroatoms. The van der Waals surface area contributed by atoms with Crippen molar-refractivity contribution in [1.29, 1.82) is 0 Å². The Bertz CT molecular complexity index is 1190. The number of pyridine rings is 1. The van der Waals surface area contributed by atoms with Crippen LogP contribution in [0.5, 0.6) is 5.75 Å². The van der Waals surface area contributed by atoms with E-state index in [-0.39, 0.29) is 17.4 Å². The highest BCUT2D eigenvalue weighted by Gasteiger charge is 2.48. The first-order chi connectivity index (χ1) is 15.0. The summed E-state index contributed by atoms with van der Waals surface area (Å²) >= 11 is 7.47. The summed E-state index contributed by atoms with van der Waals surface area (Å²) < 4.78 is 6.28. The van der Waals surface area contributed by atoms with Crippen molar-refractivity contribution in [3.05, 3.63) is 63.7 Å². The molecule has 1 saturated heterocycles. The van der Waals surface area contributed by atoms with Crippen molar-refractivity contribution in [2.45, 2.75) is 34.4 Å². The molecule has 2 aromatic heterocycles. The first-order valence-electron chi connectivity index (χ1n) is 9.92. The highest BCUT2D eigenvalue weighted by atomic mass is 35.5. The molecule has 0 radical (unpaired) electrons. The Balaban J connectivity index is 1.30. The molecule has 31 heavy (non-hydrogen) atoms. The first kappa shape index (κ1) is 20.2. The van der Waals surface area contributed by atoms with Gasteiger partial charge in [-0.15, -0.1) is 0 Å². The Morgan fingerprint density at radius 1 is 1.23 bits per heavy atom. The molecular formula is C21H21ClN6O2S. The molecule has 0 amide bonds. The molecule has 0 aliphatic carbocycles. The molecule has 1 atom stereocenters. The van der Waals surface area contributed by atoms with Gasteiger partial charge >= 0.3 is 0 Å². The third-order valence-corrected chi connectivity index (χ3v) is 7.38. The maximum absolute atomic E-state index is 12.7. The standard InChI is InChI=1S/C21H21ClN6O2S/c22-16-14(5-8-25-18(16)24)31-15-11-26-19(20(29)27-15)28-9-6-21(7-10-28)17(23)12-3-1-2-4-13(12)30-21/h1-5,8,11,17H,6-7,9-10,23H2,(H2,24,25)(H,27,29)/t17-/m1/s1. The van der Waals surface area contributed by atoms with Crippen LogP contribution in [0, 0.1) is 0 Å². The Labute approximate surface area is 188 Å². The Morgan fingerprint density at radius 2 is 2.00 bits per heavy atom. The lowest BCUT2D eigenvalue weighted by Crippen LogP contribution is -2.52. The van der Waals surface area contributed by atoms with Crippen molar-refractivity contribution in [3.63, 3.8) is 0 Å². The van der Waals surface area contributed by atoms with E-state index in [0.717, 1.165) is 11.3 Å². The number of fused-ring (bicyclic) bond motifs is 1. The second-order valence-corrected chi connectivity index (χ2v) is 9.14. The number of para-hydroxylation sites is 1. The third-order valence-electron chi connectivity index (χ3n) is 5.89. The van der Waals surface area contributed by atoms with Crippen LogP contribution in [-0.4, -0.2) is 33.6 Å². The molecular weight excluding hydrogens is 436 g/mol. The van der Waals surface area contributed by atoms with Gasteiger partial charge in [-0.3, -0.25) is 4.79 Å². The summed E-state index contributed by atoms with van der Waals surface area (Å²) in [4.78, 5) is 26.7. The number of nitrogens with two attached hydrogens (primary N) is 2. The minimum atomic E-state index is -0.430. The van der Waals surface area contributed by atoms with E-state index in [4.69, 9.17) is 27.8 Å². The van der Waals surface area contributed by atoms with Gasteiger partial charge in [-0.1, -0.05) is 41.6 Å². The molecule has 5 rings (SSSR count). The molecule has 2 aliphatic rings. The van der Waals surface area contributed by atoms with Crippen molar-refractivity contribution in [1.82, 2.24) is 15.0 Å². The monoisotopic (exact) mass is 456 g/mol. The number of anilines is 2. The van der Waals surface area contributed by atoms with E-state index >= 15 is 0 Å². The van der Waals surface area contributed by atoms with Crippen LogP contribution in [0.2, 0.25) is 5.02 Å². The zero-order valence-electron chi connectivity index (χ0n) is 16.5. The van der Waals surface area contributed by atoms with Crippen molar-refractivity contribution in [2.75, 3.05) is 23.7 Å². The predicted octanol–water partition coefficient (Wildman–Crippen LogP) is 2.98. The Kier molecular flexibility index (Phi) is 5.04. The summed E-state index contributed by atoms with van der Waals surface area (Å²) in [5.41, 5.74) is 12.6. The third kappa shape index (κ3) is 3.52. The van der Waals surface area contributed by atoms with Crippen LogP contribution in [0.25, 0.3) is 0 Å². The topological polar surface area (TPSA) is 123 Å². The van der Waals surface area contributed by atoms with Crippen LogP contribution in [0.3, 0.4) is 0 Å². The highest BCUT2D eigenvalue weighted by molar-refractivity contribution is 7.99. The summed E-state index contributed by atoms with van der Waals surface area (Å²) in [5, 5.41) is 0.930. The van der Waals surface area contributed by atoms with E-state index < -0.39 is 5.60 Å². The van der Waals surface area contributed by atoms with Gasteiger partial charge in [0, 0.05) is 42.6 Å². The molecule has 1 spiro atoms. The first-order valence-corrected chi connectivity index (χ1v) is 11.1. The maximum Gasteiger partial charge on any atom is 0.291 e. The van der Waals surface area contributed by atoms with Gasteiger partial charge < -0.3 is 26.1 Å². The Morgan fingerprint density at radius 3 is 2.74 bits per heavy atom. The number of nitrogen functional groups attached to an aromatic ring is 1. The number of nitrogens with one attached hydrogen (secondary N) is 1. The van der Waals surface area contributed by atoms with Crippen molar-refractivity contribution in [3.8, 4) is 5.75 Å². The minimum absolute atomic E-state index is 0.173. The zero-order chi connectivity index (χ0) is 21.6. The number of halogens is 1. The Hall–Kier alpha value is -2.75. The number of hydrogen-bond acceptors (Lipinski definition) is 8. The highest BCUT2D eigenvalue weighted by Crippen LogP contribution is 2.47. The number of piperidine rings is 1. The van der Waals surface area contributed by atoms with Gasteiger partial charge in [0.05, 0.1) is 22.3 Å². The van der Waals surface area contributed by atoms with E-state index in [2.05, 4.69) is 15.0 Å². The van der Waals surface area contributed by atoms with Gasteiger partial charge in [0.2, 0.25) is 0 Å². The molecule has 0 saturated carbocycles. The van der Waals surface area contributed by atoms with E-state index in [0.29, 0.717) is 46.7 Å². The average molecular weight is 457 g/mol. The molecule has 0 bridgehead atoms. The molecule has 5 N–H and O–H groups in total. The molecule has 3 aromatic rings. The summed E-state index contributed by atoms with van der Waals surface area (Å²) in [6.07, 6.45) is 4.63. The van der Waals surface area contributed by atoms with E-state index in [1.807, 2.05) is 29.2 Å². The van der Waals surface area contributed by atoms with Crippen LogP contribution >= 0.6 is 23.4 Å². The molecule has 2 aliphatic heterocycles. The van der Waals surface area contributed by atoms with E-state index in [9.17, 15) is 4.79 Å². The molecule has 1 fully saturated rings. The number of hydrogen-bond donors (Lipinski definition) is 3. The summed E-state index contributed by atoms with van der Waals surface area (Å²) in [6.45, 7) is 1.27. The van der Waals surface area contributed by atoms with Crippen molar-refractivity contribution < 1.29 is 4.74 Å². The normalized spacial score (nSPS) is 19.3. The van der Waals surface area contributed by atoms with E-state index in [1.54, 1.807) is 18.5 Å². The van der Waals surface area contributed by atoms with Crippen molar-refractivity contribution in [2.24, 2.45) is 5.73 Å². The zero-order valence-corrected chi connectivity index (χ0v) is 18.1. The van der Waals surface area contributed by atoms with Crippen LogP contribution < -0.4 is 26.7 Å². The lowest BCUT2D eigenvalue weighted by atomic mass is 9.83. The average Bonchev–Trinajstić information content (AvgIpc) is 3.04. The fourth-order valence-electron chi connectivity index (χ4n) is 4.20. The van der Waals surface area contributed by atoms with Crippen LogP contribution in [-0.2, 0) is 0 Å². The number of aromatic amines is 1. The SMILES string of the molecule is Nc1nccc(Sc2cnc(N3CCC4(CC3)Oc3ccccc3[C@H]4N)c(=O)[nH]2)c1Cl. The lowest BCUT2D eigenvalue weighted by molar-refractivity contribution is 0.0430. The molecule has 0 unspecified atom stereocenters. The smallest absolute Gasteiger partial charge is 0.291 e. The minimum Gasteiger partial charge on any atom is -0.485 e. The maximum atomic E-state index is 12.7. The number of rotatable bonds is 3.